The summed E-state index contributed by atoms with van der Waals surface area (Å²) in [7, 11) is 0. The van der Waals surface area contributed by atoms with E-state index in [0.29, 0.717) is 0 Å². The molecule has 21 N–H and O–H groups in total. The van der Waals surface area contributed by atoms with Crippen molar-refractivity contribution in [3.05, 3.63) is 0 Å². The summed E-state index contributed by atoms with van der Waals surface area (Å²) in [5, 5.41) is 238. The molecule has 0 spiro atoms. The molecule has 7 unspecified atom stereocenters. The molecule has 42 nitrogen and oxygen atoms in total. The molecule has 15 aliphatic rings. The number of aliphatic hydroxyl groups is 21. The minimum atomic E-state index is -2.08. The van der Waals surface area contributed by atoms with E-state index in [4.69, 9.17) is 99.5 Å². The summed E-state index contributed by atoms with van der Waals surface area (Å²) in [6.45, 7) is -2.30. The van der Waals surface area contributed by atoms with Crippen LogP contribution in [0.3, 0.4) is 0 Å². The Hall–Kier alpha value is -1.68. The van der Waals surface area contributed by atoms with Crippen LogP contribution in [0.1, 0.15) is 48.5 Å². The largest absolute Gasteiger partial charge is 0.394 e. The highest BCUT2D eigenvalue weighted by Crippen LogP contribution is 2.42. The maximum Gasteiger partial charge on any atom is 0.187 e. The predicted octanol–water partition coefficient (Wildman–Crippen LogP) is -12.4. The van der Waals surface area contributed by atoms with Crippen molar-refractivity contribution in [1.82, 2.24) is 0 Å². The third kappa shape index (κ3) is 22.2. The Morgan fingerprint density at radius 3 is 0.390 bits per heavy atom. The first-order valence-electron chi connectivity index (χ1n) is 35.2. The minimum absolute atomic E-state index is 0.586. The van der Waals surface area contributed by atoms with E-state index < -0.39 is 350 Å². The van der Waals surface area contributed by atoms with Gasteiger partial charge in [-0.3, -0.25) is 0 Å². The zero-order chi connectivity index (χ0) is 77.0. The Morgan fingerprint density at radius 2 is 0.305 bits per heavy atom. The molecule has 0 aromatic heterocycles. The second-order valence-corrected chi connectivity index (χ2v) is 27.7. The van der Waals surface area contributed by atoms with E-state index in [1.54, 1.807) is 0 Å². The van der Waals surface area contributed by atoms with Crippen LogP contribution in [0, 0.1) is 0 Å². The van der Waals surface area contributed by atoms with Gasteiger partial charge in [0.2, 0.25) is 0 Å². The molecule has 42 heteroatoms. The van der Waals surface area contributed by atoms with Gasteiger partial charge >= 0.3 is 0 Å². The lowest BCUT2D eigenvalue weighted by Crippen LogP contribution is -2.69. The first-order chi connectivity index (χ1) is 49.9. The van der Waals surface area contributed by atoms with Gasteiger partial charge in [-0.25, -0.2) is 0 Å². The Morgan fingerprint density at radius 1 is 0.200 bits per heavy atom. The highest BCUT2D eigenvalue weighted by Gasteiger charge is 2.61. The monoisotopic (exact) mass is 1540 g/mol. The van der Waals surface area contributed by atoms with Gasteiger partial charge in [-0.05, 0) is 48.5 Å². The average molecular weight is 1540 g/mol. The average Bonchev–Trinajstić information content (AvgIpc) is 0.786. The fourth-order valence-corrected chi connectivity index (χ4v) is 13.3. The van der Waals surface area contributed by atoms with Crippen molar-refractivity contribution in [1.29, 1.82) is 0 Å². The van der Waals surface area contributed by atoms with E-state index in [2.05, 4.69) is 0 Å². The van der Waals surface area contributed by atoms with E-state index in [0.717, 1.165) is 0 Å². The van der Waals surface area contributed by atoms with Gasteiger partial charge in [-0.15, -0.1) is 0 Å². The van der Waals surface area contributed by atoms with Crippen LogP contribution in [0.4, 0.5) is 0 Å². The molecule has 15 fully saturated rings. The zero-order valence-corrected chi connectivity index (χ0v) is 59.1. The van der Waals surface area contributed by atoms with Gasteiger partial charge in [0.15, 0.2) is 44.0 Å². The van der Waals surface area contributed by atoms with E-state index in [-0.39, 0.29) is 0 Å². The van der Waals surface area contributed by atoms with Gasteiger partial charge in [-0.1, -0.05) is 0 Å². The second kappa shape index (κ2) is 41.4. The maximum atomic E-state index is 12.5. The third-order valence-electron chi connectivity index (χ3n) is 18.3. The van der Waals surface area contributed by atoms with Gasteiger partial charge < -0.3 is 207 Å². The summed E-state index contributed by atoms with van der Waals surface area (Å²) in [5.74, 6) is 0. The molecule has 0 aliphatic carbocycles. The lowest BCUT2D eigenvalue weighted by Gasteiger charge is -2.51. The molecule has 14 bridgehead atoms. The molecule has 0 saturated carbocycles. The van der Waals surface area contributed by atoms with Crippen LogP contribution >= 0.6 is 0 Å². The van der Waals surface area contributed by atoms with Gasteiger partial charge in [0.05, 0.1) is 135 Å². The number of aliphatic hydroxyl groups excluding tert-OH is 21. The van der Waals surface area contributed by atoms with Crippen molar-refractivity contribution >= 4 is 0 Å². The summed E-state index contributed by atoms with van der Waals surface area (Å²) < 4.78 is 130. The second-order valence-electron chi connectivity index (χ2n) is 27.7. The summed E-state index contributed by atoms with van der Waals surface area (Å²) >= 11 is 0. The van der Waals surface area contributed by atoms with Crippen molar-refractivity contribution < 1.29 is 207 Å². The van der Waals surface area contributed by atoms with Gasteiger partial charge in [0.1, 0.15) is 171 Å². The van der Waals surface area contributed by atoms with Crippen LogP contribution in [-0.4, -0.2) is 457 Å². The Labute approximate surface area is 603 Å². The molecule has 0 aromatic carbocycles. The smallest absolute Gasteiger partial charge is 0.187 e. The fourth-order valence-electron chi connectivity index (χ4n) is 13.3. The van der Waals surface area contributed by atoms with Crippen LogP contribution < -0.4 is 0 Å². The first-order valence-corrected chi connectivity index (χ1v) is 35.2. The highest BCUT2D eigenvalue weighted by atomic mass is 16.8. The van der Waals surface area contributed by atoms with Crippen LogP contribution in [0.25, 0.3) is 0 Å². The topological polar surface area (TPSA) is 619 Å². The number of rotatable bonds is 28. The molecule has 15 aliphatic heterocycles. The molecule has 42 atom stereocenters. The van der Waals surface area contributed by atoms with Gasteiger partial charge in [0.25, 0.3) is 0 Å². The fraction of sp³-hybridized carbons (Fsp3) is 1.00. The summed E-state index contributed by atoms with van der Waals surface area (Å²) in [5.41, 5.74) is 0. The lowest BCUT2D eigenvalue weighted by atomic mass is 9.94. The molecule has 616 valence electrons. The SMILES string of the molecule is CC(O)CO[C@H]1[C@H]2O[C@H]3[C@H](O)[C@@H](OCC(C)O)[C@@H](O[C@H]4[C@H](O)[C@@H](OCC(C)O)[C@@H](O[C@H]5[C@H](O)[C@@H](OCC(C)O)[C@@H](O[C@H]6[C@H](O)[C@@H](OCC(C)O)[C@@H](O[C@H]7[C@H](O)[C@@H](OCC(C)O)[C@@H](O[C@H]8[C@H](O)[C@@H](OCC(C)O)[C@@H](O[C@@H]([C@@H]1O)[C@@H](CO)O2)O[C@@H]8CO)O[C@@H]7CO)O[C@@H]6CO)O[C@@H]5CO)O[C@@H]4CO)O[C@@H]3CO. The summed E-state index contributed by atoms with van der Waals surface area (Å²) in [6.07, 6.45) is -75.5. The minimum Gasteiger partial charge on any atom is -0.394 e. The number of hydrogen-bond acceptors (Lipinski definition) is 42. The van der Waals surface area contributed by atoms with E-state index in [1.807, 2.05) is 0 Å². The van der Waals surface area contributed by atoms with Crippen LogP contribution in [-0.2, 0) is 99.5 Å². The summed E-state index contributed by atoms with van der Waals surface area (Å²) in [6, 6.07) is 0. The Bertz CT molecular complexity index is 2000. The third-order valence-corrected chi connectivity index (χ3v) is 18.3. The first kappa shape index (κ1) is 88.9. The Kier molecular flexibility index (Phi) is 35.0. The molecular weight excluding hydrogens is 1430 g/mol. The summed E-state index contributed by atoms with van der Waals surface area (Å²) in [4.78, 5) is 0. The lowest BCUT2D eigenvalue weighted by molar-refractivity contribution is -0.403. The number of fused-ring (bicyclic) bond motifs is 7. The molecule has 0 amide bonds. The van der Waals surface area contributed by atoms with Crippen molar-refractivity contribution in [2.24, 2.45) is 0 Å². The highest BCUT2D eigenvalue weighted by molar-refractivity contribution is 5.03. The van der Waals surface area contributed by atoms with Crippen LogP contribution in [0.2, 0.25) is 0 Å². The number of hydrogen-bond donors (Lipinski definition) is 21. The van der Waals surface area contributed by atoms with Crippen LogP contribution in [0.15, 0.2) is 0 Å². The van der Waals surface area contributed by atoms with Crippen molar-refractivity contribution in [2.75, 3.05) is 92.5 Å². The van der Waals surface area contributed by atoms with E-state index in [9.17, 15) is 107 Å². The van der Waals surface area contributed by atoms with Crippen molar-refractivity contribution in [3.63, 3.8) is 0 Å². The quantitative estimate of drug-likeness (QED) is 0.0346. The van der Waals surface area contributed by atoms with Gasteiger partial charge in [0, 0.05) is 0 Å². The van der Waals surface area contributed by atoms with E-state index >= 15 is 0 Å². The molecule has 0 aromatic rings. The van der Waals surface area contributed by atoms with Crippen molar-refractivity contribution in [3.8, 4) is 0 Å². The normalized spacial score (nSPS) is 46.0. The molecule has 15 heterocycles. The standard InChI is InChI=1S/C63H112O42/c1-22(71)15-85-50-36(78)43-29(8-64)92-57(50)99-44-30(9-65)93-59(51(37(44)79)86-16-23(2)72)101-46-32(11-67)95-61(53(39(46)81)88-18-25(4)74)103-48-34(13-69)97-63(55(41(48)83)90-20-27(6)76)105-49-35(14-70)98-62(56(42(49)84)91-21-28(7)77)104-47-33(12-68)96-60(54(40(47)82)89-19-26(5)75)102-45-31(10-66)94-58(100-43)52(38(45)80)87-17-24(3)73/h22-84H,8-21H2,1-7H3/t22?,23?,24?,25?,26?,27?,28?,29-,30-,31-,32-,33-,34-,35-,36+,37+,38+,39+,40+,41+,42+,43-,44-,45-,46-,47-,48-,49-,50-,51-,52-,53-,54-,55-,56-,57-,58-,59-,60-,61-,62-,63-/m1/s1. The predicted molar refractivity (Wildman–Crippen MR) is 336 cm³/mol. The molecular formula is C63H112O42. The zero-order valence-electron chi connectivity index (χ0n) is 59.1. The number of ether oxygens (including phenoxy) is 21. The molecule has 15 saturated heterocycles. The van der Waals surface area contributed by atoms with Crippen molar-refractivity contribution in [2.45, 2.75) is 306 Å². The van der Waals surface area contributed by atoms with Gasteiger partial charge in [-0.2, -0.15) is 0 Å². The van der Waals surface area contributed by atoms with Crippen LogP contribution in [0.5, 0.6) is 0 Å². The molecule has 0 radical (unpaired) electrons. The molecule has 105 heavy (non-hydrogen) atoms. The van der Waals surface area contributed by atoms with E-state index in [1.165, 1.54) is 48.5 Å². The Balaban J connectivity index is 1.24. The molecule has 15 rings (SSSR count). The maximum absolute atomic E-state index is 12.5.